The molecule has 1 aromatic heterocycles. The smallest absolute Gasteiger partial charge is 0.142 e. The SMILES string of the molecule is O=C(Cc1cccnc1)C1CCOC1. The van der Waals surface area contributed by atoms with Gasteiger partial charge in [-0.3, -0.25) is 9.78 Å². The average molecular weight is 191 g/mol. The van der Waals surface area contributed by atoms with Gasteiger partial charge in [0.05, 0.1) is 6.61 Å². The molecule has 1 aliphatic heterocycles. The molecule has 3 nitrogen and oxygen atoms in total. The summed E-state index contributed by atoms with van der Waals surface area (Å²) in [5.41, 5.74) is 0.990. The van der Waals surface area contributed by atoms with Crippen molar-refractivity contribution in [3.05, 3.63) is 30.1 Å². The minimum atomic E-state index is 0.107. The number of pyridine rings is 1. The summed E-state index contributed by atoms with van der Waals surface area (Å²) < 4.78 is 5.18. The Bertz CT molecular complexity index is 304. The zero-order chi connectivity index (χ0) is 9.80. The van der Waals surface area contributed by atoms with E-state index in [4.69, 9.17) is 4.74 Å². The molecule has 3 heteroatoms. The summed E-state index contributed by atoms with van der Waals surface area (Å²) >= 11 is 0. The fraction of sp³-hybridized carbons (Fsp3) is 0.455. The summed E-state index contributed by atoms with van der Waals surface area (Å²) in [5, 5.41) is 0. The van der Waals surface area contributed by atoms with Gasteiger partial charge in [-0.25, -0.2) is 0 Å². The van der Waals surface area contributed by atoms with Gasteiger partial charge in [0.25, 0.3) is 0 Å². The molecule has 0 aliphatic carbocycles. The van der Waals surface area contributed by atoms with Crippen molar-refractivity contribution < 1.29 is 9.53 Å². The molecule has 1 fully saturated rings. The Balaban J connectivity index is 1.94. The van der Waals surface area contributed by atoms with Gasteiger partial charge in [0.15, 0.2) is 0 Å². The third-order valence-corrected chi connectivity index (χ3v) is 2.49. The van der Waals surface area contributed by atoms with Gasteiger partial charge in [-0.1, -0.05) is 6.07 Å². The molecule has 1 aromatic rings. The molecule has 0 saturated carbocycles. The van der Waals surface area contributed by atoms with Crippen LogP contribution in [0.3, 0.4) is 0 Å². The maximum Gasteiger partial charge on any atom is 0.142 e. The molecule has 1 aliphatic rings. The van der Waals surface area contributed by atoms with Crippen molar-refractivity contribution in [2.45, 2.75) is 12.8 Å². The molecule has 1 unspecified atom stereocenters. The van der Waals surface area contributed by atoms with Gasteiger partial charge in [-0.2, -0.15) is 0 Å². The highest BCUT2D eigenvalue weighted by atomic mass is 16.5. The Labute approximate surface area is 83.1 Å². The third kappa shape index (κ3) is 2.17. The lowest BCUT2D eigenvalue weighted by Crippen LogP contribution is -2.16. The van der Waals surface area contributed by atoms with E-state index in [-0.39, 0.29) is 11.7 Å². The molecule has 2 heterocycles. The van der Waals surface area contributed by atoms with E-state index in [1.54, 1.807) is 12.4 Å². The summed E-state index contributed by atoms with van der Waals surface area (Å²) in [6.45, 7) is 1.32. The van der Waals surface area contributed by atoms with Crippen LogP contribution in [0.15, 0.2) is 24.5 Å². The topological polar surface area (TPSA) is 39.2 Å². The second-order valence-corrected chi connectivity index (χ2v) is 3.56. The minimum absolute atomic E-state index is 0.107. The van der Waals surface area contributed by atoms with E-state index >= 15 is 0 Å². The quantitative estimate of drug-likeness (QED) is 0.721. The van der Waals surface area contributed by atoms with Crippen molar-refractivity contribution >= 4 is 5.78 Å². The lowest BCUT2D eigenvalue weighted by molar-refractivity contribution is -0.122. The van der Waals surface area contributed by atoms with E-state index < -0.39 is 0 Å². The van der Waals surface area contributed by atoms with E-state index in [0.717, 1.165) is 18.6 Å². The third-order valence-electron chi connectivity index (χ3n) is 2.49. The molecule has 0 aromatic carbocycles. The van der Waals surface area contributed by atoms with Gasteiger partial charge in [0.2, 0.25) is 0 Å². The predicted molar refractivity (Wildman–Crippen MR) is 51.9 cm³/mol. The highest BCUT2D eigenvalue weighted by Gasteiger charge is 2.23. The highest BCUT2D eigenvalue weighted by Crippen LogP contribution is 2.15. The van der Waals surface area contributed by atoms with Crippen LogP contribution in [0.2, 0.25) is 0 Å². The number of carbonyl (C=O) groups is 1. The molecule has 1 atom stereocenters. The van der Waals surface area contributed by atoms with Crippen LogP contribution in [-0.4, -0.2) is 24.0 Å². The summed E-state index contributed by atoms with van der Waals surface area (Å²) in [5.74, 6) is 0.380. The van der Waals surface area contributed by atoms with Crippen molar-refractivity contribution in [3.8, 4) is 0 Å². The molecule has 0 radical (unpaired) electrons. The van der Waals surface area contributed by atoms with Gasteiger partial charge in [-0.15, -0.1) is 0 Å². The Morgan fingerprint density at radius 3 is 3.21 bits per heavy atom. The van der Waals surface area contributed by atoms with E-state index in [2.05, 4.69) is 4.98 Å². The van der Waals surface area contributed by atoms with Crippen LogP contribution in [-0.2, 0) is 16.0 Å². The molecular formula is C11H13NO2. The largest absolute Gasteiger partial charge is 0.381 e. The van der Waals surface area contributed by atoms with Crippen LogP contribution in [0.5, 0.6) is 0 Å². The van der Waals surface area contributed by atoms with E-state index in [1.807, 2.05) is 12.1 Å². The zero-order valence-electron chi connectivity index (χ0n) is 7.98. The van der Waals surface area contributed by atoms with Crippen LogP contribution in [0.25, 0.3) is 0 Å². The van der Waals surface area contributed by atoms with Crippen LogP contribution in [0, 0.1) is 5.92 Å². The first-order valence-electron chi connectivity index (χ1n) is 4.85. The van der Waals surface area contributed by atoms with Crippen molar-refractivity contribution in [2.75, 3.05) is 13.2 Å². The van der Waals surface area contributed by atoms with Crippen LogP contribution in [0.4, 0.5) is 0 Å². The van der Waals surface area contributed by atoms with Gasteiger partial charge in [0.1, 0.15) is 5.78 Å². The van der Waals surface area contributed by atoms with E-state index in [0.29, 0.717) is 13.0 Å². The van der Waals surface area contributed by atoms with Gasteiger partial charge >= 0.3 is 0 Å². The number of ether oxygens (including phenoxy) is 1. The molecule has 0 amide bonds. The number of carbonyl (C=O) groups excluding carboxylic acids is 1. The number of hydrogen-bond acceptors (Lipinski definition) is 3. The molecule has 0 spiro atoms. The summed E-state index contributed by atoms with van der Waals surface area (Å²) in [4.78, 5) is 15.7. The maximum atomic E-state index is 11.7. The molecule has 2 rings (SSSR count). The van der Waals surface area contributed by atoms with Crippen LogP contribution < -0.4 is 0 Å². The Hall–Kier alpha value is -1.22. The highest BCUT2D eigenvalue weighted by molar-refractivity contribution is 5.83. The fourth-order valence-corrected chi connectivity index (χ4v) is 1.64. The summed E-state index contributed by atoms with van der Waals surface area (Å²) in [6, 6.07) is 3.79. The number of hydrogen-bond donors (Lipinski definition) is 0. The summed E-state index contributed by atoms with van der Waals surface area (Å²) in [7, 11) is 0. The van der Waals surface area contributed by atoms with Crippen molar-refractivity contribution in [2.24, 2.45) is 5.92 Å². The van der Waals surface area contributed by atoms with Gasteiger partial charge < -0.3 is 4.74 Å². The standard InChI is InChI=1S/C11H13NO2/c13-11(10-3-5-14-8-10)6-9-2-1-4-12-7-9/h1-2,4,7,10H,3,5-6,8H2. The second-order valence-electron chi connectivity index (χ2n) is 3.56. The van der Waals surface area contributed by atoms with Crippen molar-refractivity contribution in [1.82, 2.24) is 4.98 Å². The van der Waals surface area contributed by atoms with Crippen LogP contribution in [0.1, 0.15) is 12.0 Å². The van der Waals surface area contributed by atoms with Crippen LogP contribution >= 0.6 is 0 Å². The van der Waals surface area contributed by atoms with Crippen molar-refractivity contribution in [3.63, 3.8) is 0 Å². The Morgan fingerprint density at radius 2 is 2.57 bits per heavy atom. The monoisotopic (exact) mass is 191 g/mol. The van der Waals surface area contributed by atoms with E-state index in [1.165, 1.54) is 0 Å². The first kappa shape index (κ1) is 9.34. The second kappa shape index (κ2) is 4.33. The van der Waals surface area contributed by atoms with Gasteiger partial charge in [-0.05, 0) is 18.1 Å². The number of nitrogens with zero attached hydrogens (tertiary/aromatic N) is 1. The Morgan fingerprint density at radius 1 is 1.64 bits per heavy atom. The lowest BCUT2D eigenvalue weighted by atomic mass is 9.98. The molecule has 14 heavy (non-hydrogen) atoms. The number of Topliss-reactive ketones (excluding diaryl/α,β-unsaturated/α-hetero) is 1. The molecule has 1 saturated heterocycles. The number of aromatic nitrogens is 1. The minimum Gasteiger partial charge on any atom is -0.381 e. The van der Waals surface area contributed by atoms with Crippen molar-refractivity contribution in [1.29, 1.82) is 0 Å². The normalized spacial score (nSPS) is 21.0. The maximum absolute atomic E-state index is 11.7. The fourth-order valence-electron chi connectivity index (χ4n) is 1.64. The first-order chi connectivity index (χ1) is 6.86. The summed E-state index contributed by atoms with van der Waals surface area (Å²) in [6.07, 6.45) is 4.82. The molecular weight excluding hydrogens is 178 g/mol. The number of ketones is 1. The predicted octanol–water partition coefficient (Wildman–Crippen LogP) is 1.23. The average Bonchev–Trinajstić information content (AvgIpc) is 2.72. The van der Waals surface area contributed by atoms with E-state index in [9.17, 15) is 4.79 Å². The molecule has 0 N–H and O–H groups in total. The first-order valence-corrected chi connectivity index (χ1v) is 4.85. The molecule has 74 valence electrons. The Kier molecular flexibility index (Phi) is 2.89. The number of rotatable bonds is 3. The zero-order valence-corrected chi connectivity index (χ0v) is 7.98. The van der Waals surface area contributed by atoms with Gasteiger partial charge in [0, 0.05) is 31.3 Å². The lowest BCUT2D eigenvalue weighted by Gasteiger charge is -2.05. The molecule has 0 bridgehead atoms.